The van der Waals surface area contributed by atoms with Gasteiger partial charge in [0, 0.05) is 6.61 Å². The van der Waals surface area contributed by atoms with Crippen LogP contribution in [0.15, 0.2) is 30.3 Å². The summed E-state index contributed by atoms with van der Waals surface area (Å²) in [6, 6.07) is 10.1. The van der Waals surface area contributed by atoms with Gasteiger partial charge in [0.15, 0.2) is 0 Å². The van der Waals surface area contributed by atoms with Crippen molar-refractivity contribution in [3.8, 4) is 0 Å². The molecule has 1 aromatic carbocycles. The predicted molar refractivity (Wildman–Crippen MR) is 68.3 cm³/mol. The van der Waals surface area contributed by atoms with E-state index >= 15 is 0 Å². The molecule has 2 heteroatoms. The second kappa shape index (κ2) is 7.42. The molecule has 16 heavy (non-hydrogen) atoms. The average molecular weight is 221 g/mol. The third-order valence-electron chi connectivity index (χ3n) is 2.60. The van der Waals surface area contributed by atoms with Crippen LogP contribution < -0.4 is 5.73 Å². The quantitative estimate of drug-likeness (QED) is 0.718. The average Bonchev–Trinajstić information content (AvgIpc) is 2.29. The largest absolute Gasteiger partial charge is 0.379 e. The normalized spacial score (nSPS) is 13.0. The molecule has 2 nitrogen and oxygen atoms in total. The van der Waals surface area contributed by atoms with E-state index in [9.17, 15) is 0 Å². The summed E-state index contributed by atoms with van der Waals surface area (Å²) < 4.78 is 5.58. The highest BCUT2D eigenvalue weighted by Crippen LogP contribution is 2.10. The first kappa shape index (κ1) is 13.2. The van der Waals surface area contributed by atoms with Gasteiger partial charge >= 0.3 is 0 Å². The van der Waals surface area contributed by atoms with E-state index in [0.29, 0.717) is 6.61 Å². The fourth-order valence-corrected chi connectivity index (χ4v) is 1.60. The van der Waals surface area contributed by atoms with Crippen LogP contribution in [0.2, 0.25) is 0 Å². The standard InChI is InChI=1S/C14H23NO/c1-12(2)7-6-10-16-11-14(15)13-8-4-3-5-9-13/h3-5,8-9,12,14H,6-7,10-11,15H2,1-2H3. The Labute approximate surface area is 98.8 Å². The van der Waals surface area contributed by atoms with Crippen molar-refractivity contribution in [2.45, 2.75) is 32.7 Å². The molecule has 1 unspecified atom stereocenters. The fourth-order valence-electron chi connectivity index (χ4n) is 1.60. The third-order valence-corrected chi connectivity index (χ3v) is 2.60. The lowest BCUT2D eigenvalue weighted by molar-refractivity contribution is 0.115. The van der Waals surface area contributed by atoms with Gasteiger partial charge in [0.25, 0.3) is 0 Å². The Morgan fingerprint density at radius 3 is 2.50 bits per heavy atom. The minimum Gasteiger partial charge on any atom is -0.379 e. The highest BCUT2D eigenvalue weighted by molar-refractivity contribution is 5.18. The van der Waals surface area contributed by atoms with Crippen molar-refractivity contribution in [2.75, 3.05) is 13.2 Å². The molecule has 0 amide bonds. The molecule has 2 N–H and O–H groups in total. The Hall–Kier alpha value is -0.860. The zero-order chi connectivity index (χ0) is 11.8. The molecular weight excluding hydrogens is 198 g/mol. The maximum Gasteiger partial charge on any atom is 0.0659 e. The number of ether oxygens (including phenoxy) is 1. The van der Waals surface area contributed by atoms with E-state index in [0.717, 1.165) is 24.5 Å². The molecule has 0 aliphatic rings. The fraction of sp³-hybridized carbons (Fsp3) is 0.571. The van der Waals surface area contributed by atoms with Crippen molar-refractivity contribution in [1.82, 2.24) is 0 Å². The van der Waals surface area contributed by atoms with Crippen molar-refractivity contribution < 1.29 is 4.74 Å². The van der Waals surface area contributed by atoms with Crippen LogP contribution in [-0.2, 0) is 4.74 Å². The molecule has 90 valence electrons. The zero-order valence-corrected chi connectivity index (χ0v) is 10.4. The zero-order valence-electron chi connectivity index (χ0n) is 10.4. The van der Waals surface area contributed by atoms with Gasteiger partial charge < -0.3 is 10.5 Å². The number of hydrogen-bond acceptors (Lipinski definition) is 2. The van der Waals surface area contributed by atoms with Crippen molar-refractivity contribution >= 4 is 0 Å². The lowest BCUT2D eigenvalue weighted by Gasteiger charge is -2.12. The van der Waals surface area contributed by atoms with Crippen molar-refractivity contribution in [2.24, 2.45) is 11.7 Å². The molecule has 1 atom stereocenters. The van der Waals surface area contributed by atoms with E-state index in [2.05, 4.69) is 13.8 Å². The minimum atomic E-state index is 0.000231. The Bertz CT molecular complexity index is 271. The summed E-state index contributed by atoms with van der Waals surface area (Å²) in [6.07, 6.45) is 2.35. The number of rotatable bonds is 7. The van der Waals surface area contributed by atoms with Gasteiger partial charge in [0.2, 0.25) is 0 Å². The first-order chi connectivity index (χ1) is 7.70. The molecule has 1 rings (SSSR count). The third kappa shape index (κ3) is 5.29. The SMILES string of the molecule is CC(C)CCCOCC(N)c1ccccc1. The topological polar surface area (TPSA) is 35.2 Å². The van der Waals surface area contributed by atoms with Crippen LogP contribution in [0, 0.1) is 5.92 Å². The molecule has 0 aromatic heterocycles. The van der Waals surface area contributed by atoms with E-state index < -0.39 is 0 Å². The molecule has 1 aromatic rings. The van der Waals surface area contributed by atoms with Crippen LogP contribution in [0.4, 0.5) is 0 Å². The summed E-state index contributed by atoms with van der Waals surface area (Å²) in [5.41, 5.74) is 7.16. The van der Waals surface area contributed by atoms with Crippen LogP contribution in [0.1, 0.15) is 38.3 Å². The highest BCUT2D eigenvalue weighted by atomic mass is 16.5. The first-order valence-corrected chi connectivity index (χ1v) is 6.08. The summed E-state index contributed by atoms with van der Waals surface area (Å²) in [7, 11) is 0. The van der Waals surface area contributed by atoms with E-state index in [-0.39, 0.29) is 6.04 Å². The lowest BCUT2D eigenvalue weighted by Crippen LogP contribution is -2.17. The van der Waals surface area contributed by atoms with Gasteiger partial charge in [-0.3, -0.25) is 0 Å². The van der Waals surface area contributed by atoms with Crippen molar-refractivity contribution in [3.63, 3.8) is 0 Å². The molecule has 0 saturated carbocycles. The van der Waals surface area contributed by atoms with Gasteiger partial charge in [-0.1, -0.05) is 44.2 Å². The molecule has 0 spiro atoms. The Morgan fingerprint density at radius 2 is 1.88 bits per heavy atom. The maximum atomic E-state index is 6.01. The van der Waals surface area contributed by atoms with E-state index in [1.165, 1.54) is 6.42 Å². The second-order valence-electron chi connectivity index (χ2n) is 4.63. The molecule has 0 bridgehead atoms. The Kier molecular flexibility index (Phi) is 6.12. The molecule has 0 aliphatic carbocycles. The summed E-state index contributed by atoms with van der Waals surface area (Å²) in [5, 5.41) is 0. The molecular formula is C14H23NO. The van der Waals surface area contributed by atoms with Gasteiger partial charge in [0.05, 0.1) is 12.6 Å². The molecule has 0 fully saturated rings. The Balaban J connectivity index is 2.14. The smallest absolute Gasteiger partial charge is 0.0659 e. The van der Waals surface area contributed by atoms with Gasteiger partial charge in [-0.15, -0.1) is 0 Å². The number of hydrogen-bond donors (Lipinski definition) is 1. The summed E-state index contributed by atoms with van der Waals surface area (Å²) >= 11 is 0. The van der Waals surface area contributed by atoms with Gasteiger partial charge in [-0.25, -0.2) is 0 Å². The summed E-state index contributed by atoms with van der Waals surface area (Å²) in [5.74, 6) is 0.756. The molecule has 0 saturated heterocycles. The van der Waals surface area contributed by atoms with E-state index in [1.54, 1.807) is 0 Å². The molecule has 0 aliphatic heterocycles. The van der Waals surface area contributed by atoms with Crippen LogP contribution in [0.25, 0.3) is 0 Å². The maximum absolute atomic E-state index is 6.01. The van der Waals surface area contributed by atoms with Gasteiger partial charge in [-0.2, -0.15) is 0 Å². The van der Waals surface area contributed by atoms with Gasteiger partial charge in [-0.05, 0) is 24.3 Å². The van der Waals surface area contributed by atoms with Crippen LogP contribution in [0.5, 0.6) is 0 Å². The monoisotopic (exact) mass is 221 g/mol. The number of benzene rings is 1. The van der Waals surface area contributed by atoms with Crippen molar-refractivity contribution in [1.29, 1.82) is 0 Å². The second-order valence-corrected chi connectivity index (χ2v) is 4.63. The molecule has 0 heterocycles. The summed E-state index contributed by atoms with van der Waals surface area (Å²) in [6.45, 7) is 5.90. The van der Waals surface area contributed by atoms with Crippen LogP contribution >= 0.6 is 0 Å². The Morgan fingerprint density at radius 1 is 1.19 bits per heavy atom. The van der Waals surface area contributed by atoms with E-state index in [4.69, 9.17) is 10.5 Å². The number of nitrogens with two attached hydrogens (primary N) is 1. The lowest BCUT2D eigenvalue weighted by atomic mass is 10.1. The summed E-state index contributed by atoms with van der Waals surface area (Å²) in [4.78, 5) is 0. The van der Waals surface area contributed by atoms with Crippen LogP contribution in [0.3, 0.4) is 0 Å². The molecule has 0 radical (unpaired) electrons. The minimum absolute atomic E-state index is 0.000231. The van der Waals surface area contributed by atoms with Crippen LogP contribution in [-0.4, -0.2) is 13.2 Å². The van der Waals surface area contributed by atoms with Crippen molar-refractivity contribution in [3.05, 3.63) is 35.9 Å². The van der Waals surface area contributed by atoms with E-state index in [1.807, 2.05) is 30.3 Å². The first-order valence-electron chi connectivity index (χ1n) is 6.08. The predicted octanol–water partition coefficient (Wildman–Crippen LogP) is 3.14. The highest BCUT2D eigenvalue weighted by Gasteiger charge is 2.04. The van der Waals surface area contributed by atoms with Gasteiger partial charge in [0.1, 0.15) is 0 Å².